The summed E-state index contributed by atoms with van der Waals surface area (Å²) in [5.74, 6) is 0.419. The van der Waals surface area contributed by atoms with Gasteiger partial charge in [0.05, 0.1) is 5.69 Å². The Morgan fingerprint density at radius 1 is 1.03 bits per heavy atom. The van der Waals surface area contributed by atoms with Crippen LogP contribution in [0.2, 0.25) is 0 Å². The van der Waals surface area contributed by atoms with Crippen molar-refractivity contribution >= 4 is 11.7 Å². The minimum Gasteiger partial charge on any atom is -0.306 e. The Labute approximate surface area is 173 Å². The van der Waals surface area contributed by atoms with E-state index in [1.165, 1.54) is 10.7 Å². The highest BCUT2D eigenvalue weighted by atomic mass is 16.1. The molecule has 0 unspecified atom stereocenters. The van der Waals surface area contributed by atoms with Gasteiger partial charge < -0.3 is 5.32 Å². The largest absolute Gasteiger partial charge is 0.306 e. The van der Waals surface area contributed by atoms with Crippen LogP contribution < -0.4 is 10.9 Å². The Balaban J connectivity index is 1.65. The summed E-state index contributed by atoms with van der Waals surface area (Å²) in [7, 11) is 0. The highest BCUT2D eigenvalue weighted by Crippen LogP contribution is 2.21. The topological polar surface area (TPSA) is 92.7 Å². The predicted molar refractivity (Wildman–Crippen MR) is 116 cm³/mol. The van der Waals surface area contributed by atoms with Crippen LogP contribution >= 0.6 is 0 Å². The molecule has 0 radical (unpaired) electrons. The summed E-state index contributed by atoms with van der Waals surface area (Å²) in [6, 6.07) is 20.5. The highest BCUT2D eigenvalue weighted by molar-refractivity contribution is 6.04. The first-order valence-corrected chi connectivity index (χ1v) is 9.67. The van der Waals surface area contributed by atoms with Crippen LogP contribution in [0.25, 0.3) is 17.1 Å². The third-order valence-corrected chi connectivity index (χ3v) is 4.65. The Kier molecular flexibility index (Phi) is 5.26. The van der Waals surface area contributed by atoms with Gasteiger partial charge in [-0.15, -0.1) is 0 Å². The molecule has 0 fully saturated rings. The third kappa shape index (κ3) is 4.05. The van der Waals surface area contributed by atoms with Gasteiger partial charge in [0.2, 0.25) is 5.95 Å². The number of aromatic amines is 1. The summed E-state index contributed by atoms with van der Waals surface area (Å²) in [5, 5.41) is 7.26. The molecule has 0 aliphatic heterocycles. The van der Waals surface area contributed by atoms with Gasteiger partial charge in [-0.1, -0.05) is 49.4 Å². The Morgan fingerprint density at radius 2 is 1.80 bits per heavy atom. The van der Waals surface area contributed by atoms with Gasteiger partial charge in [0.1, 0.15) is 5.82 Å². The average molecular weight is 399 g/mol. The molecule has 0 saturated heterocycles. The molecule has 0 saturated carbocycles. The van der Waals surface area contributed by atoms with Gasteiger partial charge in [-0.05, 0) is 36.6 Å². The van der Waals surface area contributed by atoms with E-state index in [0.29, 0.717) is 29.2 Å². The zero-order valence-corrected chi connectivity index (χ0v) is 16.7. The number of aromatic nitrogens is 4. The molecule has 1 amide bonds. The van der Waals surface area contributed by atoms with E-state index in [-0.39, 0.29) is 17.4 Å². The summed E-state index contributed by atoms with van der Waals surface area (Å²) < 4.78 is 1.44. The molecular weight excluding hydrogens is 378 g/mol. The maximum atomic E-state index is 12.9. The number of carbonyl (C=O) groups excluding carboxylic acids is 1. The number of amides is 1. The highest BCUT2D eigenvalue weighted by Gasteiger charge is 2.15. The van der Waals surface area contributed by atoms with Crippen LogP contribution in [0.15, 0.2) is 71.5 Å². The Hall–Kier alpha value is -4.00. The van der Waals surface area contributed by atoms with Crippen molar-refractivity contribution < 1.29 is 4.79 Å². The first-order chi connectivity index (χ1) is 14.5. The van der Waals surface area contributed by atoms with Crippen LogP contribution in [0.5, 0.6) is 0 Å². The van der Waals surface area contributed by atoms with E-state index in [4.69, 9.17) is 0 Å². The van der Waals surface area contributed by atoms with E-state index < -0.39 is 0 Å². The lowest BCUT2D eigenvalue weighted by Crippen LogP contribution is -2.19. The van der Waals surface area contributed by atoms with Gasteiger partial charge in [-0.2, -0.15) is 9.78 Å². The van der Waals surface area contributed by atoms with Gasteiger partial charge in [0.25, 0.3) is 11.5 Å². The molecule has 7 heteroatoms. The molecule has 4 rings (SSSR count). The van der Waals surface area contributed by atoms with Gasteiger partial charge in [-0.25, -0.2) is 4.98 Å². The molecule has 30 heavy (non-hydrogen) atoms. The van der Waals surface area contributed by atoms with Crippen LogP contribution in [0.3, 0.4) is 0 Å². The van der Waals surface area contributed by atoms with Gasteiger partial charge >= 0.3 is 0 Å². The molecule has 0 aliphatic carbocycles. The van der Waals surface area contributed by atoms with E-state index in [1.54, 1.807) is 12.1 Å². The molecular formula is C23H21N5O2. The summed E-state index contributed by atoms with van der Waals surface area (Å²) in [6.07, 6.45) is 0.616. The van der Waals surface area contributed by atoms with Crippen LogP contribution in [-0.4, -0.2) is 25.7 Å². The molecule has 0 bridgehead atoms. The molecule has 2 heterocycles. The van der Waals surface area contributed by atoms with Crippen LogP contribution in [-0.2, 0) is 6.42 Å². The third-order valence-electron chi connectivity index (χ3n) is 4.65. The minimum absolute atomic E-state index is 0.265. The maximum Gasteiger partial charge on any atom is 0.256 e. The summed E-state index contributed by atoms with van der Waals surface area (Å²) in [4.78, 5) is 32.0. The lowest BCUT2D eigenvalue weighted by Gasteiger charge is -2.10. The van der Waals surface area contributed by atoms with Crippen LogP contribution in [0, 0.1) is 6.92 Å². The van der Waals surface area contributed by atoms with Crippen molar-refractivity contribution in [1.29, 1.82) is 0 Å². The number of hydrogen-bond acceptors (Lipinski definition) is 4. The van der Waals surface area contributed by atoms with E-state index in [2.05, 4.69) is 20.4 Å². The number of anilines is 1. The fraction of sp³-hybridized carbons (Fsp3) is 0.130. The van der Waals surface area contributed by atoms with E-state index in [0.717, 1.165) is 11.1 Å². The average Bonchev–Trinajstić information content (AvgIpc) is 3.14. The molecule has 4 aromatic rings. The summed E-state index contributed by atoms with van der Waals surface area (Å²) >= 11 is 0. The molecule has 0 aliphatic rings. The summed E-state index contributed by atoms with van der Waals surface area (Å²) in [6.45, 7) is 3.73. The number of nitrogens with zero attached hydrogens (tertiary/aromatic N) is 3. The van der Waals surface area contributed by atoms with Crippen LogP contribution in [0.1, 0.15) is 28.7 Å². The monoisotopic (exact) mass is 399 g/mol. The Bertz CT molecular complexity index is 1260. The predicted octanol–water partition coefficient (Wildman–Crippen LogP) is 3.75. The molecule has 2 aromatic heterocycles. The minimum atomic E-state index is -0.275. The number of rotatable bonds is 5. The molecule has 0 atom stereocenters. The van der Waals surface area contributed by atoms with Crippen molar-refractivity contribution in [2.45, 2.75) is 20.3 Å². The fourth-order valence-corrected chi connectivity index (χ4v) is 3.18. The van der Waals surface area contributed by atoms with Crippen molar-refractivity contribution in [3.8, 4) is 17.1 Å². The number of aryl methyl sites for hydroxylation is 2. The number of benzene rings is 2. The standard InChI is InChI=1S/C23H21N5O2/c1-3-19-14-21(29)26-23(24-19)28-20(12-15(2)27-28)25-22(30)18-11-7-10-17(13-18)16-8-5-4-6-9-16/h4-14H,3H2,1-2H3,(H,25,30)(H,24,26,29). The fourth-order valence-electron chi connectivity index (χ4n) is 3.18. The number of carbonyl (C=O) groups is 1. The lowest BCUT2D eigenvalue weighted by atomic mass is 10.0. The molecule has 2 aromatic carbocycles. The number of hydrogen-bond donors (Lipinski definition) is 2. The summed E-state index contributed by atoms with van der Waals surface area (Å²) in [5.41, 5.74) is 3.58. The van der Waals surface area contributed by atoms with E-state index in [9.17, 15) is 9.59 Å². The van der Waals surface area contributed by atoms with E-state index in [1.807, 2.05) is 62.4 Å². The van der Waals surface area contributed by atoms with Crippen LogP contribution in [0.4, 0.5) is 5.82 Å². The van der Waals surface area contributed by atoms with Gasteiger partial charge in [0, 0.05) is 23.4 Å². The second kappa shape index (κ2) is 8.16. The maximum absolute atomic E-state index is 12.9. The second-order valence-electron chi connectivity index (χ2n) is 6.90. The first kappa shape index (κ1) is 19.3. The molecule has 0 spiro atoms. The SMILES string of the molecule is CCc1cc(=O)[nH]c(-n2nc(C)cc2NC(=O)c2cccc(-c3ccccc3)c2)n1. The van der Waals surface area contributed by atoms with Crippen molar-refractivity contribution in [2.24, 2.45) is 0 Å². The second-order valence-corrected chi connectivity index (χ2v) is 6.90. The van der Waals surface area contributed by atoms with E-state index >= 15 is 0 Å². The van der Waals surface area contributed by atoms with Crippen molar-refractivity contribution in [2.75, 3.05) is 5.32 Å². The van der Waals surface area contributed by atoms with Crippen molar-refractivity contribution in [3.63, 3.8) is 0 Å². The quantitative estimate of drug-likeness (QED) is 0.535. The number of H-pyrrole nitrogens is 1. The lowest BCUT2D eigenvalue weighted by molar-refractivity contribution is 0.102. The van der Waals surface area contributed by atoms with Gasteiger partial charge in [-0.3, -0.25) is 14.6 Å². The van der Waals surface area contributed by atoms with Gasteiger partial charge in [0.15, 0.2) is 0 Å². The zero-order valence-electron chi connectivity index (χ0n) is 16.7. The zero-order chi connectivity index (χ0) is 21.1. The van der Waals surface area contributed by atoms with Crippen molar-refractivity contribution in [3.05, 3.63) is 94.0 Å². The molecule has 2 N–H and O–H groups in total. The first-order valence-electron chi connectivity index (χ1n) is 9.67. The smallest absolute Gasteiger partial charge is 0.256 e. The normalized spacial score (nSPS) is 10.7. The van der Waals surface area contributed by atoms with Crippen molar-refractivity contribution in [1.82, 2.24) is 19.7 Å². The molecule has 7 nitrogen and oxygen atoms in total. The Morgan fingerprint density at radius 3 is 2.57 bits per heavy atom. The molecule has 150 valence electrons. The number of nitrogens with one attached hydrogen (secondary N) is 2.